The molecule has 3 aromatic carbocycles. The first-order valence-corrected chi connectivity index (χ1v) is 14.1. The number of hydrogen-bond acceptors (Lipinski definition) is 5. The van der Waals surface area contributed by atoms with Crippen molar-refractivity contribution in [2.75, 3.05) is 24.4 Å². The number of nitrogens with one attached hydrogen (secondary N) is 1. The van der Waals surface area contributed by atoms with Crippen LogP contribution in [-0.2, 0) is 10.0 Å². The van der Waals surface area contributed by atoms with Gasteiger partial charge in [-0.05, 0) is 67.9 Å². The van der Waals surface area contributed by atoms with E-state index in [1.54, 1.807) is 59.6 Å². The number of carbonyl (C=O) groups excluding carboxylic acids is 1. The molecule has 4 aromatic rings. The highest BCUT2D eigenvalue weighted by molar-refractivity contribution is 7.93. The zero-order valence-corrected chi connectivity index (χ0v) is 22.3. The highest BCUT2D eigenvalue weighted by Gasteiger charge is 2.31. The van der Waals surface area contributed by atoms with Gasteiger partial charge >= 0.3 is 0 Å². The summed E-state index contributed by atoms with van der Waals surface area (Å²) in [7, 11) is -3.91. The molecule has 0 saturated carbocycles. The molecule has 1 aliphatic heterocycles. The first kappa shape index (κ1) is 26.7. The highest BCUT2D eigenvalue weighted by Crippen LogP contribution is 2.27. The van der Waals surface area contributed by atoms with Crippen LogP contribution in [0.2, 0.25) is 0 Å². The molecule has 1 aliphatic rings. The van der Waals surface area contributed by atoms with Crippen LogP contribution in [0.3, 0.4) is 0 Å². The molecule has 2 heterocycles. The zero-order valence-electron chi connectivity index (χ0n) is 21.5. The molecule has 1 fully saturated rings. The molecule has 10 heteroatoms. The molecule has 2 atom stereocenters. The van der Waals surface area contributed by atoms with Gasteiger partial charge in [0, 0.05) is 60.6 Å². The predicted molar refractivity (Wildman–Crippen MR) is 146 cm³/mol. The Balaban J connectivity index is 1.26. The van der Waals surface area contributed by atoms with Crippen molar-refractivity contribution in [3.63, 3.8) is 0 Å². The summed E-state index contributed by atoms with van der Waals surface area (Å²) < 4.78 is 56.1. The summed E-state index contributed by atoms with van der Waals surface area (Å²) in [6.45, 7) is 5.37. The number of piperazine rings is 1. The monoisotopic (exact) mass is 550 g/mol. The highest BCUT2D eigenvalue weighted by atomic mass is 32.2. The summed E-state index contributed by atoms with van der Waals surface area (Å²) in [4.78, 5) is 21.4. The summed E-state index contributed by atoms with van der Waals surface area (Å²) in [6.07, 6.45) is 1.55. The molecule has 2 unspecified atom stereocenters. The van der Waals surface area contributed by atoms with Gasteiger partial charge < -0.3 is 4.90 Å². The first-order chi connectivity index (χ1) is 18.6. The van der Waals surface area contributed by atoms with Gasteiger partial charge in [0.2, 0.25) is 0 Å². The third-order valence-corrected chi connectivity index (χ3v) is 8.52. The number of fused-ring (bicyclic) bond motifs is 1. The van der Waals surface area contributed by atoms with Gasteiger partial charge in [-0.15, -0.1) is 0 Å². The van der Waals surface area contributed by atoms with E-state index in [-0.39, 0.29) is 22.9 Å². The minimum absolute atomic E-state index is 0.0719. The number of carbonyl (C=O) groups is 1. The molecule has 39 heavy (non-hydrogen) atoms. The van der Waals surface area contributed by atoms with Gasteiger partial charge in [0.15, 0.2) is 0 Å². The summed E-state index contributed by atoms with van der Waals surface area (Å²) >= 11 is 0. The lowest BCUT2D eigenvalue weighted by Crippen LogP contribution is -2.54. The van der Waals surface area contributed by atoms with Gasteiger partial charge in [0.1, 0.15) is 16.5 Å². The number of benzene rings is 3. The third-order valence-electron chi connectivity index (χ3n) is 7.10. The SMILES string of the molecule is CC(c1cc(F)cc(F)c1)N1CCN(C(=O)c2ccc(NS(=O)(=O)c3cccc4cccnc34)cc2)C(C)C1. The number of pyridine rings is 1. The summed E-state index contributed by atoms with van der Waals surface area (Å²) in [5.41, 5.74) is 1.69. The number of aromatic nitrogens is 1. The number of sulfonamides is 1. The average Bonchev–Trinajstić information content (AvgIpc) is 2.91. The Kier molecular flexibility index (Phi) is 7.33. The molecule has 0 spiro atoms. The summed E-state index contributed by atoms with van der Waals surface area (Å²) in [5.74, 6) is -1.39. The van der Waals surface area contributed by atoms with Gasteiger partial charge in [-0.2, -0.15) is 0 Å². The van der Waals surface area contributed by atoms with Crippen molar-refractivity contribution in [1.29, 1.82) is 0 Å². The van der Waals surface area contributed by atoms with Crippen molar-refractivity contribution >= 4 is 32.5 Å². The van der Waals surface area contributed by atoms with E-state index in [0.717, 1.165) is 6.07 Å². The molecule has 0 radical (unpaired) electrons. The molecule has 5 rings (SSSR count). The molecule has 0 bridgehead atoms. The van der Waals surface area contributed by atoms with E-state index in [4.69, 9.17) is 0 Å². The number of halogens is 2. The molecule has 7 nitrogen and oxygen atoms in total. The fourth-order valence-electron chi connectivity index (χ4n) is 5.02. The average molecular weight is 551 g/mol. The lowest BCUT2D eigenvalue weighted by molar-refractivity contribution is 0.0405. The van der Waals surface area contributed by atoms with Crippen LogP contribution < -0.4 is 4.72 Å². The molecule has 1 amide bonds. The second-order valence-corrected chi connectivity index (χ2v) is 11.4. The second-order valence-electron chi connectivity index (χ2n) is 9.74. The van der Waals surface area contributed by atoms with Crippen LogP contribution in [0.15, 0.2) is 83.9 Å². The topological polar surface area (TPSA) is 82.6 Å². The van der Waals surface area contributed by atoms with E-state index in [0.29, 0.717) is 47.4 Å². The number of hydrogen-bond donors (Lipinski definition) is 1. The Labute approximate surface area is 226 Å². The van der Waals surface area contributed by atoms with Gasteiger partial charge in [0.25, 0.3) is 15.9 Å². The Morgan fingerprint density at radius 2 is 1.69 bits per heavy atom. The number of nitrogens with zero attached hydrogens (tertiary/aromatic N) is 3. The standard InChI is InChI=1S/C29H28F2N4O3S/c1-19-18-34(20(2)23-15-24(30)17-25(31)16-23)13-14-35(19)29(36)22-8-10-26(11-9-22)33-39(37,38)27-7-3-5-21-6-4-12-32-28(21)27/h3-12,15-17,19-20,33H,13-14,18H2,1-2H3. The minimum atomic E-state index is -3.91. The summed E-state index contributed by atoms with van der Waals surface area (Å²) in [6, 6.07) is 18.0. The molecular weight excluding hydrogens is 522 g/mol. The van der Waals surface area contributed by atoms with Crippen LogP contribution in [0.1, 0.15) is 35.8 Å². The maximum atomic E-state index is 13.7. The lowest BCUT2D eigenvalue weighted by Gasteiger charge is -2.42. The van der Waals surface area contributed by atoms with E-state index in [1.165, 1.54) is 18.2 Å². The van der Waals surface area contributed by atoms with Crippen LogP contribution in [0, 0.1) is 11.6 Å². The number of amides is 1. The van der Waals surface area contributed by atoms with Crippen LogP contribution in [-0.4, -0.2) is 54.8 Å². The zero-order chi connectivity index (χ0) is 27.7. The number of para-hydroxylation sites is 1. The lowest BCUT2D eigenvalue weighted by atomic mass is 10.0. The second kappa shape index (κ2) is 10.7. The quantitative estimate of drug-likeness (QED) is 0.356. The van der Waals surface area contributed by atoms with Crippen LogP contribution >= 0.6 is 0 Å². The van der Waals surface area contributed by atoms with Crippen LogP contribution in [0.4, 0.5) is 14.5 Å². The smallest absolute Gasteiger partial charge is 0.264 e. The van der Waals surface area contributed by atoms with Crippen LogP contribution in [0.5, 0.6) is 0 Å². The maximum Gasteiger partial charge on any atom is 0.264 e. The molecule has 1 aromatic heterocycles. The van der Waals surface area contributed by atoms with E-state index >= 15 is 0 Å². The van der Waals surface area contributed by atoms with Crippen molar-refractivity contribution in [3.05, 3.63) is 102 Å². The van der Waals surface area contributed by atoms with E-state index in [1.807, 2.05) is 13.8 Å². The van der Waals surface area contributed by atoms with E-state index in [9.17, 15) is 22.0 Å². The molecule has 0 aliphatic carbocycles. The third kappa shape index (κ3) is 5.62. The molecular formula is C29H28F2N4O3S. The van der Waals surface area contributed by atoms with Gasteiger partial charge in [0.05, 0.1) is 5.52 Å². The van der Waals surface area contributed by atoms with Crippen molar-refractivity contribution in [2.45, 2.75) is 30.8 Å². The van der Waals surface area contributed by atoms with Crippen molar-refractivity contribution < 1.29 is 22.0 Å². The van der Waals surface area contributed by atoms with E-state index < -0.39 is 21.7 Å². The number of rotatable bonds is 6. The minimum Gasteiger partial charge on any atom is -0.333 e. The van der Waals surface area contributed by atoms with Gasteiger partial charge in [-0.1, -0.05) is 18.2 Å². The maximum absolute atomic E-state index is 13.7. The Morgan fingerprint density at radius 1 is 1.00 bits per heavy atom. The van der Waals surface area contributed by atoms with E-state index in [2.05, 4.69) is 14.6 Å². The van der Waals surface area contributed by atoms with Crippen molar-refractivity contribution in [3.8, 4) is 0 Å². The molecule has 202 valence electrons. The predicted octanol–water partition coefficient (Wildman–Crippen LogP) is 5.22. The van der Waals surface area contributed by atoms with Crippen molar-refractivity contribution in [2.24, 2.45) is 0 Å². The van der Waals surface area contributed by atoms with Gasteiger partial charge in [-0.25, -0.2) is 17.2 Å². The molecule has 1 N–H and O–H groups in total. The fourth-order valence-corrected chi connectivity index (χ4v) is 6.26. The first-order valence-electron chi connectivity index (χ1n) is 12.6. The van der Waals surface area contributed by atoms with Crippen LogP contribution in [0.25, 0.3) is 10.9 Å². The Hall–Kier alpha value is -3.89. The van der Waals surface area contributed by atoms with Gasteiger partial charge in [-0.3, -0.25) is 19.4 Å². The van der Waals surface area contributed by atoms with Crippen molar-refractivity contribution in [1.82, 2.24) is 14.8 Å². The molecule has 1 saturated heterocycles. The summed E-state index contributed by atoms with van der Waals surface area (Å²) in [5, 5.41) is 0.716. The normalized spacial score (nSPS) is 17.2. The Morgan fingerprint density at radius 3 is 2.38 bits per heavy atom. The number of anilines is 1. The largest absolute Gasteiger partial charge is 0.333 e. The fraction of sp³-hybridized carbons (Fsp3) is 0.241. The Bertz CT molecular complexity index is 1600.